The molecule has 0 bridgehead atoms. The number of benzene rings is 1. The molecule has 1 unspecified atom stereocenters. The molecule has 0 fully saturated rings. The highest BCUT2D eigenvalue weighted by Crippen LogP contribution is 2.33. The topological polar surface area (TPSA) is 45.1 Å². The van der Waals surface area contributed by atoms with Gasteiger partial charge in [0.05, 0.1) is 5.69 Å². The summed E-state index contributed by atoms with van der Waals surface area (Å²) in [5.74, 6) is 0.360. The van der Waals surface area contributed by atoms with E-state index in [0.29, 0.717) is 11.8 Å². The number of phenolic OH excluding ortho intramolecular Hbond substituents is 1. The number of hydrogen-bond donors (Lipinski definition) is 2. The predicted molar refractivity (Wildman–Crippen MR) is 70.2 cm³/mol. The van der Waals surface area contributed by atoms with E-state index in [2.05, 4.69) is 10.3 Å². The lowest BCUT2D eigenvalue weighted by atomic mass is 10.1. The largest absolute Gasteiger partial charge is 0.508 e. The normalized spacial score (nSPS) is 17.7. The average Bonchev–Trinajstić information content (AvgIpc) is 2.80. The van der Waals surface area contributed by atoms with E-state index in [1.165, 1.54) is 11.1 Å². The minimum Gasteiger partial charge on any atom is -0.508 e. The highest BCUT2D eigenvalue weighted by Gasteiger charge is 2.21. The Morgan fingerprint density at radius 2 is 2.22 bits per heavy atom. The smallest absolute Gasteiger partial charge is 0.115 e. The fourth-order valence-electron chi connectivity index (χ4n) is 2.55. The second kappa shape index (κ2) is 4.78. The van der Waals surface area contributed by atoms with E-state index in [-0.39, 0.29) is 0 Å². The zero-order valence-corrected chi connectivity index (χ0v) is 10.1. The van der Waals surface area contributed by atoms with E-state index in [1.54, 1.807) is 6.07 Å². The summed E-state index contributed by atoms with van der Waals surface area (Å²) in [6, 6.07) is 12.0. The molecule has 2 aromatic rings. The number of hydrogen-bond acceptors (Lipinski definition) is 3. The zero-order valence-electron chi connectivity index (χ0n) is 10.1. The molecule has 0 radical (unpaired) electrons. The molecule has 0 saturated carbocycles. The van der Waals surface area contributed by atoms with Gasteiger partial charge in [-0.25, -0.2) is 0 Å². The Morgan fingerprint density at radius 1 is 1.28 bits per heavy atom. The summed E-state index contributed by atoms with van der Waals surface area (Å²) >= 11 is 0. The first-order valence-corrected chi connectivity index (χ1v) is 6.28. The summed E-state index contributed by atoms with van der Waals surface area (Å²) in [6.07, 6.45) is 3.94. The molecule has 1 aromatic carbocycles. The maximum Gasteiger partial charge on any atom is 0.115 e. The van der Waals surface area contributed by atoms with Gasteiger partial charge in [-0.2, -0.15) is 0 Å². The fourth-order valence-corrected chi connectivity index (χ4v) is 2.55. The maximum absolute atomic E-state index is 9.46. The van der Waals surface area contributed by atoms with Crippen LogP contribution >= 0.6 is 0 Å². The van der Waals surface area contributed by atoms with Crippen LogP contribution in [-0.4, -0.2) is 10.1 Å². The monoisotopic (exact) mass is 240 g/mol. The van der Waals surface area contributed by atoms with E-state index in [0.717, 1.165) is 25.1 Å². The highest BCUT2D eigenvalue weighted by atomic mass is 16.3. The van der Waals surface area contributed by atoms with Crippen LogP contribution in [0.3, 0.4) is 0 Å². The first-order valence-electron chi connectivity index (χ1n) is 6.28. The molecule has 3 rings (SSSR count). The van der Waals surface area contributed by atoms with Crippen LogP contribution < -0.4 is 5.32 Å². The number of pyridine rings is 1. The van der Waals surface area contributed by atoms with Crippen molar-refractivity contribution in [3.05, 3.63) is 59.4 Å². The van der Waals surface area contributed by atoms with Crippen molar-refractivity contribution in [2.75, 3.05) is 0 Å². The minimum absolute atomic E-state index is 0.360. The van der Waals surface area contributed by atoms with Crippen molar-refractivity contribution in [1.82, 2.24) is 10.3 Å². The van der Waals surface area contributed by atoms with Gasteiger partial charge < -0.3 is 10.4 Å². The van der Waals surface area contributed by atoms with Crippen LogP contribution in [0.25, 0.3) is 0 Å². The third-order valence-electron chi connectivity index (χ3n) is 3.46. The quantitative estimate of drug-likeness (QED) is 0.866. The van der Waals surface area contributed by atoms with Gasteiger partial charge in [0, 0.05) is 18.8 Å². The predicted octanol–water partition coefficient (Wildman–Crippen LogP) is 2.56. The Labute approximate surface area is 107 Å². The van der Waals surface area contributed by atoms with Crippen molar-refractivity contribution in [3.63, 3.8) is 0 Å². The summed E-state index contributed by atoms with van der Waals surface area (Å²) in [7, 11) is 0. The van der Waals surface area contributed by atoms with Crippen molar-refractivity contribution in [2.24, 2.45) is 0 Å². The number of aromatic nitrogens is 1. The first-order chi connectivity index (χ1) is 8.83. The van der Waals surface area contributed by atoms with Crippen LogP contribution in [0.4, 0.5) is 0 Å². The molecule has 0 spiro atoms. The Hall–Kier alpha value is -1.87. The van der Waals surface area contributed by atoms with E-state index < -0.39 is 0 Å². The lowest BCUT2D eigenvalue weighted by Gasteiger charge is -2.13. The molecule has 3 nitrogen and oxygen atoms in total. The van der Waals surface area contributed by atoms with E-state index in [9.17, 15) is 5.11 Å². The van der Waals surface area contributed by atoms with Crippen molar-refractivity contribution < 1.29 is 5.11 Å². The summed E-state index contributed by atoms with van der Waals surface area (Å²) < 4.78 is 0. The van der Waals surface area contributed by atoms with Gasteiger partial charge in [-0.3, -0.25) is 4.98 Å². The van der Waals surface area contributed by atoms with Gasteiger partial charge in [-0.1, -0.05) is 12.1 Å². The molecule has 1 atom stereocenters. The molecule has 92 valence electrons. The van der Waals surface area contributed by atoms with Gasteiger partial charge in [-0.05, 0) is 48.2 Å². The summed E-state index contributed by atoms with van der Waals surface area (Å²) in [4.78, 5) is 4.31. The molecule has 0 aliphatic heterocycles. The fraction of sp³-hybridized carbons (Fsp3) is 0.267. The number of nitrogens with one attached hydrogen (secondary N) is 1. The van der Waals surface area contributed by atoms with Crippen LogP contribution in [-0.2, 0) is 13.0 Å². The molecule has 1 heterocycles. The Morgan fingerprint density at radius 3 is 3.06 bits per heavy atom. The Balaban J connectivity index is 1.70. The summed E-state index contributed by atoms with van der Waals surface area (Å²) in [6.45, 7) is 0.784. The lowest BCUT2D eigenvalue weighted by Crippen LogP contribution is -2.19. The number of aromatic hydroxyl groups is 1. The van der Waals surface area contributed by atoms with Gasteiger partial charge >= 0.3 is 0 Å². The number of phenols is 1. The number of rotatable bonds is 3. The van der Waals surface area contributed by atoms with E-state index >= 15 is 0 Å². The number of nitrogens with zero attached hydrogens (tertiary/aromatic N) is 1. The number of fused-ring (bicyclic) bond motifs is 1. The second-order valence-corrected chi connectivity index (χ2v) is 4.68. The third kappa shape index (κ3) is 2.22. The second-order valence-electron chi connectivity index (χ2n) is 4.68. The zero-order chi connectivity index (χ0) is 12.4. The van der Waals surface area contributed by atoms with Crippen molar-refractivity contribution in [3.8, 4) is 5.75 Å². The molecule has 18 heavy (non-hydrogen) atoms. The van der Waals surface area contributed by atoms with E-state index in [4.69, 9.17) is 0 Å². The van der Waals surface area contributed by atoms with Crippen molar-refractivity contribution in [2.45, 2.75) is 25.4 Å². The molecule has 0 saturated heterocycles. The first kappa shape index (κ1) is 11.2. The van der Waals surface area contributed by atoms with Gasteiger partial charge in [0.25, 0.3) is 0 Å². The van der Waals surface area contributed by atoms with Crippen LogP contribution in [0.15, 0.2) is 42.6 Å². The molecule has 1 aromatic heterocycles. The van der Waals surface area contributed by atoms with Crippen LogP contribution in [0.5, 0.6) is 5.75 Å². The lowest BCUT2D eigenvalue weighted by molar-refractivity contribution is 0.474. The minimum atomic E-state index is 0.360. The standard InChI is InChI=1S/C15H16N2O/c18-13-5-6-14-11(9-13)4-7-15(14)17-10-12-3-1-2-8-16-12/h1-3,5-6,8-9,15,17-18H,4,7,10H2. The van der Waals surface area contributed by atoms with Crippen molar-refractivity contribution in [1.29, 1.82) is 0 Å². The molecular weight excluding hydrogens is 224 g/mol. The van der Waals surface area contributed by atoms with Crippen LogP contribution in [0.2, 0.25) is 0 Å². The Bertz CT molecular complexity index is 539. The van der Waals surface area contributed by atoms with Gasteiger partial charge in [0.1, 0.15) is 5.75 Å². The summed E-state index contributed by atoms with van der Waals surface area (Å²) in [5, 5.41) is 13.0. The maximum atomic E-state index is 9.46. The number of aryl methyl sites for hydroxylation is 1. The molecule has 2 N–H and O–H groups in total. The van der Waals surface area contributed by atoms with Crippen molar-refractivity contribution >= 4 is 0 Å². The van der Waals surface area contributed by atoms with Gasteiger partial charge in [0.15, 0.2) is 0 Å². The van der Waals surface area contributed by atoms with Gasteiger partial charge in [0.2, 0.25) is 0 Å². The highest BCUT2D eigenvalue weighted by molar-refractivity contribution is 5.40. The molecule has 0 amide bonds. The van der Waals surface area contributed by atoms with E-state index in [1.807, 2.05) is 36.5 Å². The molecule has 1 aliphatic rings. The Kier molecular flexibility index (Phi) is 2.99. The third-order valence-corrected chi connectivity index (χ3v) is 3.46. The van der Waals surface area contributed by atoms with Crippen LogP contribution in [0.1, 0.15) is 29.3 Å². The average molecular weight is 240 g/mol. The molecular formula is C15H16N2O. The summed E-state index contributed by atoms with van der Waals surface area (Å²) in [5.41, 5.74) is 3.63. The van der Waals surface area contributed by atoms with Gasteiger partial charge in [-0.15, -0.1) is 0 Å². The van der Waals surface area contributed by atoms with Crippen LogP contribution in [0, 0.1) is 0 Å². The SMILES string of the molecule is Oc1ccc2c(c1)CCC2NCc1ccccn1. The molecule has 1 aliphatic carbocycles. The molecule has 3 heteroatoms.